The molecule has 176 valence electrons. The minimum atomic E-state index is -6.03. The molecule has 0 aromatic heterocycles. The molecule has 0 heterocycles. The van der Waals surface area contributed by atoms with Gasteiger partial charge in [-0.15, -0.1) is 0 Å². The van der Waals surface area contributed by atoms with E-state index in [2.05, 4.69) is 0 Å². The summed E-state index contributed by atoms with van der Waals surface area (Å²) in [5.41, 5.74) is 9.04. The van der Waals surface area contributed by atoms with E-state index in [1.54, 1.807) is 6.07 Å². The summed E-state index contributed by atoms with van der Waals surface area (Å²) in [6, 6.07) is 7.18. The molecular weight excluding hydrogens is 516 g/mol. The summed E-state index contributed by atoms with van der Waals surface area (Å²) in [5.74, 6) is 0. The Morgan fingerprint density at radius 1 is 0.594 bits per heavy atom. The average molecular weight is 531 g/mol. The minimum absolute atomic E-state index is 0.0430. The molecule has 14 nitrogen and oxygen atoms in total. The molecule has 0 amide bonds. The molecule has 0 aliphatic heterocycles. The highest BCUT2D eigenvalue weighted by atomic mass is 32.2. The lowest BCUT2D eigenvalue weighted by atomic mass is 10.1. The van der Waals surface area contributed by atoms with Crippen molar-refractivity contribution in [2.75, 3.05) is 0 Å². The molecule has 0 spiro atoms. The Bertz CT molecular complexity index is 1560. The summed E-state index contributed by atoms with van der Waals surface area (Å²) < 4.78 is 133. The fourth-order valence-corrected chi connectivity index (χ4v) is 7.39. The Morgan fingerprint density at radius 3 is 1.41 bits per heavy atom. The number of hydrogen-bond donors (Lipinski definition) is 6. The summed E-state index contributed by atoms with van der Waals surface area (Å²) in [6.07, 6.45) is 0. The van der Waals surface area contributed by atoms with Gasteiger partial charge in [0.05, 0.1) is 11.4 Å². The monoisotopic (exact) mass is 530 g/mol. The number of rotatable bonds is 6. The zero-order valence-corrected chi connectivity index (χ0v) is 18.6. The lowest BCUT2D eigenvalue weighted by Gasteiger charge is -2.18. The van der Waals surface area contributed by atoms with Gasteiger partial charge < -0.3 is 11.5 Å². The highest BCUT2D eigenvalue weighted by molar-refractivity contribution is 7.91. The van der Waals surface area contributed by atoms with Gasteiger partial charge in [-0.3, -0.25) is 18.2 Å². The van der Waals surface area contributed by atoms with Crippen LogP contribution >= 0.6 is 0 Å². The topological polar surface area (TPSA) is 270 Å². The molecule has 0 aliphatic rings. The van der Waals surface area contributed by atoms with Crippen molar-refractivity contribution in [2.45, 2.75) is 19.6 Å². The second kappa shape index (κ2) is 8.08. The predicted molar refractivity (Wildman–Crippen MR) is 107 cm³/mol. The van der Waals surface area contributed by atoms with Crippen LogP contribution in [0.2, 0.25) is 0 Å². The molecule has 0 unspecified atom stereocenters. The van der Waals surface area contributed by atoms with Crippen molar-refractivity contribution < 1.29 is 51.9 Å². The van der Waals surface area contributed by atoms with Gasteiger partial charge in [0.2, 0.25) is 0 Å². The number of benzene rings is 2. The maximum absolute atomic E-state index is 12.0. The van der Waals surface area contributed by atoms with Crippen molar-refractivity contribution in [3.8, 4) is 0 Å². The van der Waals surface area contributed by atoms with E-state index in [0.29, 0.717) is 0 Å². The third-order valence-electron chi connectivity index (χ3n) is 3.87. The molecule has 0 radical (unpaired) electrons. The quantitative estimate of drug-likeness (QED) is 0.201. The maximum Gasteiger partial charge on any atom is 0.297 e. The Morgan fingerprint density at radius 2 is 1.03 bits per heavy atom. The van der Waals surface area contributed by atoms with Gasteiger partial charge >= 0.3 is 0 Å². The maximum atomic E-state index is 12.0. The molecule has 0 atom stereocenters. The standard InChI is InChI=1S/C14H14N2O12S4/c15-10(7-4-2-1-3-5-7)11(16)8-6-9(29(17,18)19)13(31(23,24)25)14(32(26,27)28)12(8)30(20,21)22/h1-6H,15-16H2,(H,17,18,19)(H,20,21,22)(H,23,24,25)(H,26,27,28). The second-order valence-electron chi connectivity index (χ2n) is 6.00. The van der Waals surface area contributed by atoms with Crippen LogP contribution in [0.1, 0.15) is 11.1 Å². The Balaban J connectivity index is 3.37. The molecule has 2 aromatic rings. The first-order valence-electron chi connectivity index (χ1n) is 7.70. The predicted octanol–water partition coefficient (Wildman–Crippen LogP) is -0.583. The summed E-state index contributed by atoms with van der Waals surface area (Å²) in [6.45, 7) is 0. The van der Waals surface area contributed by atoms with Gasteiger partial charge in [-0.25, -0.2) is 0 Å². The molecule has 8 N–H and O–H groups in total. The molecule has 18 heteroatoms. The third-order valence-corrected chi connectivity index (χ3v) is 7.94. The molecule has 0 bridgehead atoms. The molecule has 0 aliphatic carbocycles. The van der Waals surface area contributed by atoms with E-state index in [9.17, 15) is 51.9 Å². The van der Waals surface area contributed by atoms with Crippen molar-refractivity contribution >= 4 is 51.9 Å². The van der Waals surface area contributed by atoms with Crippen LogP contribution in [-0.2, 0) is 40.5 Å². The highest BCUT2D eigenvalue weighted by Gasteiger charge is 2.41. The first-order valence-corrected chi connectivity index (χ1v) is 13.5. The van der Waals surface area contributed by atoms with E-state index >= 15 is 0 Å². The lowest BCUT2D eigenvalue weighted by molar-refractivity contribution is 0.446. The zero-order valence-electron chi connectivity index (χ0n) is 15.3. The smallest absolute Gasteiger partial charge is 0.297 e. The van der Waals surface area contributed by atoms with E-state index in [1.165, 1.54) is 24.3 Å². The Kier molecular flexibility index (Phi) is 6.49. The van der Waals surface area contributed by atoms with Crippen molar-refractivity contribution in [2.24, 2.45) is 11.5 Å². The van der Waals surface area contributed by atoms with Gasteiger partial charge in [-0.2, -0.15) is 33.7 Å². The van der Waals surface area contributed by atoms with Crippen molar-refractivity contribution in [3.63, 3.8) is 0 Å². The highest BCUT2D eigenvalue weighted by Crippen LogP contribution is 2.39. The molecule has 0 fully saturated rings. The summed E-state index contributed by atoms with van der Waals surface area (Å²) in [7, 11) is -23.5. The molecular formula is C14H14N2O12S4. The lowest BCUT2D eigenvalue weighted by Crippen LogP contribution is -2.22. The molecule has 2 rings (SSSR count). The number of nitrogens with two attached hydrogens (primary N) is 2. The van der Waals surface area contributed by atoms with E-state index in [0.717, 1.165) is 0 Å². The second-order valence-corrected chi connectivity index (χ2v) is 11.5. The SMILES string of the molecule is NC(=C(N)c1cc(S(=O)(=O)O)c(S(=O)(=O)O)c(S(=O)(=O)O)c1S(=O)(=O)O)c1ccccc1. The largest absolute Gasteiger partial charge is 0.397 e. The summed E-state index contributed by atoms with van der Waals surface area (Å²) in [5, 5.41) is 0. The minimum Gasteiger partial charge on any atom is -0.397 e. The van der Waals surface area contributed by atoms with Gasteiger partial charge in [-0.05, 0) is 11.6 Å². The van der Waals surface area contributed by atoms with Crippen molar-refractivity contribution in [1.82, 2.24) is 0 Å². The van der Waals surface area contributed by atoms with E-state index in [1.807, 2.05) is 0 Å². The zero-order chi connectivity index (χ0) is 24.9. The van der Waals surface area contributed by atoms with Gasteiger partial charge in [-0.1, -0.05) is 30.3 Å². The third kappa shape index (κ3) is 5.07. The van der Waals surface area contributed by atoms with Gasteiger partial charge in [0.15, 0.2) is 0 Å². The van der Waals surface area contributed by atoms with Crippen LogP contribution in [0, 0.1) is 0 Å². The van der Waals surface area contributed by atoms with Crippen molar-refractivity contribution in [1.29, 1.82) is 0 Å². The average Bonchev–Trinajstić information content (AvgIpc) is 2.62. The number of hydrogen-bond acceptors (Lipinski definition) is 10. The fraction of sp³-hybridized carbons (Fsp3) is 0. The van der Waals surface area contributed by atoms with Gasteiger partial charge in [0.25, 0.3) is 40.5 Å². The van der Waals surface area contributed by atoms with E-state index in [4.69, 9.17) is 11.5 Å². The van der Waals surface area contributed by atoms with Gasteiger partial charge in [0, 0.05) is 5.56 Å². The van der Waals surface area contributed by atoms with Crippen LogP contribution in [0.4, 0.5) is 0 Å². The molecule has 32 heavy (non-hydrogen) atoms. The molecule has 0 saturated carbocycles. The normalized spacial score (nSPS) is 14.1. The molecule has 2 aromatic carbocycles. The van der Waals surface area contributed by atoms with Crippen LogP contribution in [0.5, 0.6) is 0 Å². The van der Waals surface area contributed by atoms with Crippen molar-refractivity contribution in [3.05, 3.63) is 47.5 Å². The summed E-state index contributed by atoms with van der Waals surface area (Å²) >= 11 is 0. The van der Waals surface area contributed by atoms with E-state index in [-0.39, 0.29) is 11.6 Å². The Labute approximate surface area is 182 Å². The Hall–Kier alpha value is -2.58. The van der Waals surface area contributed by atoms with Crippen LogP contribution in [0.15, 0.2) is 56.0 Å². The first kappa shape index (κ1) is 25.7. The summed E-state index contributed by atoms with van der Waals surface area (Å²) in [4.78, 5) is -8.32. The van der Waals surface area contributed by atoms with Crippen LogP contribution < -0.4 is 11.5 Å². The van der Waals surface area contributed by atoms with Crippen LogP contribution in [0.25, 0.3) is 11.4 Å². The van der Waals surface area contributed by atoms with Crippen LogP contribution in [-0.4, -0.2) is 51.9 Å². The van der Waals surface area contributed by atoms with Crippen LogP contribution in [0.3, 0.4) is 0 Å². The first-order chi connectivity index (χ1) is 14.3. The molecule has 0 saturated heterocycles. The fourth-order valence-electron chi connectivity index (χ4n) is 2.64. The van der Waals surface area contributed by atoms with E-state index < -0.39 is 77.0 Å². The van der Waals surface area contributed by atoms with Gasteiger partial charge in [0.1, 0.15) is 19.6 Å².